The van der Waals surface area contributed by atoms with Crippen molar-refractivity contribution in [3.05, 3.63) is 34.3 Å². The van der Waals surface area contributed by atoms with Crippen LogP contribution in [0.25, 0.3) is 0 Å². The molecule has 72 valence electrons. The molecule has 0 aliphatic carbocycles. The van der Waals surface area contributed by atoms with Crippen molar-refractivity contribution < 1.29 is 4.79 Å². The molecular weight excluding hydrogens is 198 g/mol. The number of H-pyrrole nitrogens is 1. The first-order valence-electron chi connectivity index (χ1n) is 4.10. The van der Waals surface area contributed by atoms with Crippen LogP contribution in [0.3, 0.4) is 0 Å². The van der Waals surface area contributed by atoms with Crippen LogP contribution < -0.4 is 5.32 Å². The highest BCUT2D eigenvalue weighted by Crippen LogP contribution is 2.19. The maximum absolute atomic E-state index is 11.6. The first-order valence-corrected chi connectivity index (χ1v) is 5.04. The number of aromatic amines is 1. The molecule has 0 spiro atoms. The van der Waals surface area contributed by atoms with E-state index in [1.807, 2.05) is 17.7 Å². The molecule has 0 unspecified atom stereocenters. The van der Waals surface area contributed by atoms with Crippen molar-refractivity contribution in [2.75, 3.05) is 5.32 Å². The normalized spacial score (nSPS) is 10.1. The van der Waals surface area contributed by atoms with Crippen LogP contribution in [-0.2, 0) is 0 Å². The largest absolute Gasteiger partial charge is 0.321 e. The van der Waals surface area contributed by atoms with Gasteiger partial charge in [0.15, 0.2) is 0 Å². The Morgan fingerprint density at radius 1 is 1.57 bits per heavy atom. The van der Waals surface area contributed by atoms with Crippen LogP contribution in [0.15, 0.2) is 23.2 Å². The van der Waals surface area contributed by atoms with Gasteiger partial charge in [-0.3, -0.25) is 9.89 Å². The SMILES string of the molecule is Cc1cscc1NC(=O)c1cn[nH]c1. The highest BCUT2D eigenvalue weighted by molar-refractivity contribution is 7.08. The number of aromatic nitrogens is 2. The van der Waals surface area contributed by atoms with Crippen molar-refractivity contribution in [3.63, 3.8) is 0 Å². The maximum atomic E-state index is 11.6. The summed E-state index contributed by atoms with van der Waals surface area (Å²) in [6.45, 7) is 1.96. The number of hydrogen-bond donors (Lipinski definition) is 2. The second kappa shape index (κ2) is 3.63. The Labute approximate surface area is 85.0 Å². The predicted molar refractivity (Wildman–Crippen MR) is 55.6 cm³/mol. The van der Waals surface area contributed by atoms with Gasteiger partial charge >= 0.3 is 0 Å². The van der Waals surface area contributed by atoms with Gasteiger partial charge in [-0.15, -0.1) is 11.3 Å². The fraction of sp³-hybridized carbons (Fsp3) is 0.111. The third kappa shape index (κ3) is 1.67. The van der Waals surface area contributed by atoms with Crippen molar-refractivity contribution in [3.8, 4) is 0 Å². The van der Waals surface area contributed by atoms with Gasteiger partial charge in [-0.05, 0) is 17.9 Å². The minimum absolute atomic E-state index is 0.139. The number of aryl methyl sites for hydroxylation is 1. The summed E-state index contributed by atoms with van der Waals surface area (Å²) in [6, 6.07) is 0. The van der Waals surface area contributed by atoms with Crippen molar-refractivity contribution >= 4 is 22.9 Å². The Morgan fingerprint density at radius 2 is 2.43 bits per heavy atom. The number of amides is 1. The molecule has 2 N–H and O–H groups in total. The molecule has 2 rings (SSSR count). The van der Waals surface area contributed by atoms with Gasteiger partial charge in [0.1, 0.15) is 0 Å². The van der Waals surface area contributed by atoms with E-state index in [4.69, 9.17) is 0 Å². The average molecular weight is 207 g/mol. The van der Waals surface area contributed by atoms with Crippen LogP contribution >= 0.6 is 11.3 Å². The van der Waals surface area contributed by atoms with Crippen molar-refractivity contribution in [1.82, 2.24) is 10.2 Å². The monoisotopic (exact) mass is 207 g/mol. The fourth-order valence-corrected chi connectivity index (χ4v) is 1.84. The van der Waals surface area contributed by atoms with Crippen LogP contribution in [0.2, 0.25) is 0 Å². The molecule has 2 aromatic rings. The van der Waals surface area contributed by atoms with Gasteiger partial charge in [0.2, 0.25) is 0 Å². The highest BCUT2D eigenvalue weighted by Gasteiger charge is 2.08. The number of rotatable bonds is 2. The van der Waals surface area contributed by atoms with Crippen LogP contribution in [0.1, 0.15) is 15.9 Å². The summed E-state index contributed by atoms with van der Waals surface area (Å²) in [6.07, 6.45) is 3.06. The van der Waals surface area contributed by atoms with Gasteiger partial charge in [0, 0.05) is 11.6 Å². The molecular formula is C9H9N3OS. The number of nitrogens with zero attached hydrogens (tertiary/aromatic N) is 1. The Balaban J connectivity index is 2.13. The van der Waals surface area contributed by atoms with E-state index in [1.165, 1.54) is 6.20 Å². The van der Waals surface area contributed by atoms with Gasteiger partial charge in [0.25, 0.3) is 5.91 Å². The number of hydrogen-bond acceptors (Lipinski definition) is 3. The molecule has 0 saturated carbocycles. The van der Waals surface area contributed by atoms with Gasteiger partial charge in [-0.25, -0.2) is 0 Å². The lowest BCUT2D eigenvalue weighted by Gasteiger charge is -2.01. The molecule has 0 atom stereocenters. The summed E-state index contributed by atoms with van der Waals surface area (Å²) in [5.74, 6) is -0.139. The molecule has 0 bridgehead atoms. The van der Waals surface area contributed by atoms with E-state index < -0.39 is 0 Å². The standard InChI is InChI=1S/C9H9N3OS/c1-6-4-14-5-8(6)12-9(13)7-2-10-11-3-7/h2-5H,1H3,(H,10,11)(H,12,13). The molecule has 0 fully saturated rings. The summed E-state index contributed by atoms with van der Waals surface area (Å²) in [4.78, 5) is 11.6. The Bertz CT molecular complexity index is 433. The molecule has 2 aromatic heterocycles. The third-order valence-electron chi connectivity index (χ3n) is 1.86. The van der Waals surface area contributed by atoms with Gasteiger partial charge in [0.05, 0.1) is 17.4 Å². The topological polar surface area (TPSA) is 57.8 Å². The number of nitrogens with one attached hydrogen (secondary N) is 2. The number of carbonyl (C=O) groups is 1. The minimum Gasteiger partial charge on any atom is -0.321 e. The molecule has 0 aliphatic rings. The van der Waals surface area contributed by atoms with Crippen molar-refractivity contribution in [2.45, 2.75) is 6.92 Å². The second-order valence-electron chi connectivity index (χ2n) is 2.91. The lowest BCUT2D eigenvalue weighted by atomic mass is 10.3. The van der Waals surface area contributed by atoms with Crippen molar-refractivity contribution in [1.29, 1.82) is 0 Å². The molecule has 4 nitrogen and oxygen atoms in total. The quantitative estimate of drug-likeness (QED) is 0.791. The zero-order chi connectivity index (χ0) is 9.97. The summed E-state index contributed by atoms with van der Waals surface area (Å²) >= 11 is 1.57. The van der Waals surface area contributed by atoms with E-state index in [2.05, 4.69) is 15.5 Å². The van der Waals surface area contributed by atoms with Crippen LogP contribution in [0.4, 0.5) is 5.69 Å². The average Bonchev–Trinajstić information content (AvgIpc) is 2.77. The van der Waals surface area contributed by atoms with E-state index >= 15 is 0 Å². The molecule has 0 aliphatic heterocycles. The van der Waals surface area contributed by atoms with E-state index in [0.29, 0.717) is 5.56 Å². The molecule has 1 amide bonds. The molecule has 5 heteroatoms. The van der Waals surface area contributed by atoms with Crippen LogP contribution in [0, 0.1) is 6.92 Å². The lowest BCUT2D eigenvalue weighted by Crippen LogP contribution is -2.10. The Morgan fingerprint density at radius 3 is 3.00 bits per heavy atom. The molecule has 0 radical (unpaired) electrons. The Hall–Kier alpha value is -1.62. The van der Waals surface area contributed by atoms with E-state index in [-0.39, 0.29) is 5.91 Å². The van der Waals surface area contributed by atoms with E-state index in [9.17, 15) is 4.79 Å². The summed E-state index contributed by atoms with van der Waals surface area (Å²) in [5.41, 5.74) is 2.48. The smallest absolute Gasteiger partial charge is 0.258 e. The van der Waals surface area contributed by atoms with Crippen molar-refractivity contribution in [2.24, 2.45) is 0 Å². The zero-order valence-corrected chi connectivity index (χ0v) is 8.39. The molecule has 0 saturated heterocycles. The lowest BCUT2D eigenvalue weighted by molar-refractivity contribution is 0.102. The maximum Gasteiger partial charge on any atom is 0.258 e. The van der Waals surface area contributed by atoms with E-state index in [1.54, 1.807) is 17.5 Å². The first kappa shape index (κ1) is 8.96. The van der Waals surface area contributed by atoms with Gasteiger partial charge in [-0.1, -0.05) is 0 Å². The number of thiophene rings is 1. The Kier molecular flexibility index (Phi) is 2.32. The second-order valence-corrected chi connectivity index (χ2v) is 3.65. The van der Waals surface area contributed by atoms with Crippen LogP contribution in [-0.4, -0.2) is 16.1 Å². The fourth-order valence-electron chi connectivity index (χ4n) is 1.06. The predicted octanol–water partition coefficient (Wildman–Crippen LogP) is 2.03. The van der Waals surface area contributed by atoms with Gasteiger partial charge in [-0.2, -0.15) is 5.10 Å². The summed E-state index contributed by atoms with van der Waals surface area (Å²) in [7, 11) is 0. The third-order valence-corrected chi connectivity index (χ3v) is 2.73. The zero-order valence-electron chi connectivity index (χ0n) is 7.57. The molecule has 0 aromatic carbocycles. The summed E-state index contributed by atoms with van der Waals surface area (Å²) in [5, 5.41) is 13.0. The van der Waals surface area contributed by atoms with Gasteiger partial charge < -0.3 is 5.32 Å². The number of anilines is 1. The van der Waals surface area contributed by atoms with Crippen LogP contribution in [0.5, 0.6) is 0 Å². The molecule has 14 heavy (non-hydrogen) atoms. The first-order chi connectivity index (χ1) is 6.77. The highest BCUT2D eigenvalue weighted by atomic mass is 32.1. The van der Waals surface area contributed by atoms with E-state index in [0.717, 1.165) is 11.3 Å². The molecule has 2 heterocycles. The summed E-state index contributed by atoms with van der Waals surface area (Å²) < 4.78 is 0. The number of carbonyl (C=O) groups excluding carboxylic acids is 1. The minimum atomic E-state index is -0.139.